The van der Waals surface area contributed by atoms with Crippen LogP contribution in [0.1, 0.15) is 17.7 Å². The van der Waals surface area contributed by atoms with Crippen molar-refractivity contribution in [1.29, 1.82) is 0 Å². The first kappa shape index (κ1) is 11.6. The van der Waals surface area contributed by atoms with Crippen molar-refractivity contribution in [1.82, 2.24) is 9.55 Å². The van der Waals surface area contributed by atoms with E-state index in [2.05, 4.69) is 17.6 Å². The number of aryl methyl sites for hydroxylation is 3. The highest BCUT2D eigenvalue weighted by Crippen LogP contribution is 2.14. The Hall–Kier alpha value is -1.90. The second-order valence-electron chi connectivity index (χ2n) is 4.20. The molecule has 0 unspecified atom stereocenters. The summed E-state index contributed by atoms with van der Waals surface area (Å²) >= 11 is 0. The van der Waals surface area contributed by atoms with E-state index >= 15 is 0 Å². The van der Waals surface area contributed by atoms with Gasteiger partial charge in [0, 0.05) is 23.7 Å². The Morgan fingerprint density at radius 1 is 1.41 bits per heavy atom. The van der Waals surface area contributed by atoms with E-state index in [1.54, 1.807) is 10.6 Å². The normalized spacial score (nSPS) is 10.7. The third-order valence-electron chi connectivity index (χ3n) is 2.96. The van der Waals surface area contributed by atoms with Gasteiger partial charge < -0.3 is 0 Å². The van der Waals surface area contributed by atoms with E-state index < -0.39 is 0 Å². The number of hydrogen-bond donors (Lipinski definition) is 0. The maximum atomic E-state index is 11.8. The highest BCUT2D eigenvalue weighted by Gasteiger charge is 2.05. The Morgan fingerprint density at radius 3 is 2.88 bits per heavy atom. The number of rotatable bonds is 3. The highest BCUT2D eigenvalue weighted by atomic mass is 16.1. The molecule has 0 saturated heterocycles. The minimum atomic E-state index is -0.00453. The average molecular weight is 228 g/mol. The predicted molar refractivity (Wildman–Crippen MR) is 70.3 cm³/mol. The van der Waals surface area contributed by atoms with Crippen LogP contribution in [0.4, 0.5) is 0 Å². The van der Waals surface area contributed by atoms with Gasteiger partial charge in [-0.3, -0.25) is 9.36 Å². The largest absolute Gasteiger partial charge is 0.292 e. The van der Waals surface area contributed by atoms with Crippen LogP contribution >= 0.6 is 0 Å². The van der Waals surface area contributed by atoms with Crippen molar-refractivity contribution in [3.8, 4) is 0 Å². The quantitative estimate of drug-likeness (QED) is 0.757. The minimum Gasteiger partial charge on any atom is -0.292 e. The van der Waals surface area contributed by atoms with Crippen LogP contribution in [0.15, 0.2) is 35.6 Å². The number of nitrogens with zero attached hydrogens (tertiary/aromatic N) is 2. The molecule has 0 saturated carbocycles. The van der Waals surface area contributed by atoms with E-state index in [1.165, 1.54) is 0 Å². The van der Waals surface area contributed by atoms with E-state index in [9.17, 15) is 4.79 Å². The van der Waals surface area contributed by atoms with Crippen LogP contribution in [-0.2, 0) is 6.54 Å². The molecule has 3 nitrogen and oxygen atoms in total. The Kier molecular flexibility index (Phi) is 3.09. The average Bonchev–Trinajstić information content (AvgIpc) is 2.30. The molecule has 0 atom stereocenters. The summed E-state index contributed by atoms with van der Waals surface area (Å²) in [6.07, 6.45) is 2.58. The first-order valence-corrected chi connectivity index (χ1v) is 5.72. The number of pyridine rings is 2. The molecular weight excluding hydrogens is 212 g/mol. The van der Waals surface area contributed by atoms with Crippen LogP contribution in [0.2, 0.25) is 0 Å². The van der Waals surface area contributed by atoms with Crippen LogP contribution in [0.3, 0.4) is 0 Å². The van der Waals surface area contributed by atoms with Gasteiger partial charge in [0.2, 0.25) is 0 Å². The first-order chi connectivity index (χ1) is 8.13. The van der Waals surface area contributed by atoms with Crippen LogP contribution in [0.5, 0.6) is 0 Å². The summed E-state index contributed by atoms with van der Waals surface area (Å²) in [7, 11) is 0. The van der Waals surface area contributed by atoms with Gasteiger partial charge >= 0.3 is 0 Å². The molecule has 88 valence electrons. The molecule has 2 aromatic heterocycles. The molecular formula is C14H16N2O. The third kappa shape index (κ3) is 2.13. The molecule has 0 aliphatic heterocycles. The molecule has 0 radical (unpaired) electrons. The zero-order valence-electron chi connectivity index (χ0n) is 10.2. The number of aromatic nitrogens is 2. The minimum absolute atomic E-state index is 0.00453. The lowest BCUT2D eigenvalue weighted by Gasteiger charge is -2.09. The summed E-state index contributed by atoms with van der Waals surface area (Å²) in [5.41, 5.74) is 2.87. The van der Waals surface area contributed by atoms with Crippen molar-refractivity contribution >= 4 is 11.0 Å². The molecule has 0 aromatic carbocycles. The van der Waals surface area contributed by atoms with Crippen molar-refractivity contribution in [2.45, 2.75) is 26.8 Å². The topological polar surface area (TPSA) is 34.9 Å². The second kappa shape index (κ2) is 4.53. The molecule has 3 heteroatoms. The Morgan fingerprint density at radius 2 is 2.18 bits per heavy atom. The van der Waals surface area contributed by atoms with E-state index in [-0.39, 0.29) is 5.56 Å². The molecule has 17 heavy (non-hydrogen) atoms. The molecule has 0 aliphatic carbocycles. The zero-order chi connectivity index (χ0) is 12.4. The second-order valence-corrected chi connectivity index (χ2v) is 4.20. The van der Waals surface area contributed by atoms with Crippen molar-refractivity contribution in [2.75, 3.05) is 0 Å². The van der Waals surface area contributed by atoms with Gasteiger partial charge in [-0.05, 0) is 38.0 Å². The molecule has 0 aliphatic rings. The summed E-state index contributed by atoms with van der Waals surface area (Å²) < 4.78 is 1.71. The van der Waals surface area contributed by atoms with Crippen molar-refractivity contribution in [2.24, 2.45) is 0 Å². The highest BCUT2D eigenvalue weighted by molar-refractivity contribution is 5.76. The first-order valence-electron chi connectivity index (χ1n) is 5.72. The van der Waals surface area contributed by atoms with Crippen LogP contribution in [0.25, 0.3) is 11.0 Å². The standard InChI is InChI=1S/C14H16N2O/c1-4-5-8-16-13(17)7-6-12-9-10(2)11(3)15-14(12)16/h4,6-7,9H,1,5,8H2,2-3H3. The molecule has 2 heterocycles. The summed E-state index contributed by atoms with van der Waals surface area (Å²) in [4.78, 5) is 16.3. The maximum Gasteiger partial charge on any atom is 0.252 e. The molecule has 0 N–H and O–H groups in total. The van der Waals surface area contributed by atoms with E-state index in [4.69, 9.17) is 0 Å². The van der Waals surface area contributed by atoms with Gasteiger partial charge in [-0.25, -0.2) is 4.98 Å². The van der Waals surface area contributed by atoms with Gasteiger partial charge in [-0.15, -0.1) is 6.58 Å². The Bertz CT molecular complexity index is 626. The fourth-order valence-electron chi connectivity index (χ4n) is 1.84. The van der Waals surface area contributed by atoms with Crippen LogP contribution in [-0.4, -0.2) is 9.55 Å². The fraction of sp³-hybridized carbons (Fsp3) is 0.286. The van der Waals surface area contributed by atoms with Crippen molar-refractivity contribution < 1.29 is 0 Å². The van der Waals surface area contributed by atoms with E-state index in [0.717, 1.165) is 28.7 Å². The van der Waals surface area contributed by atoms with Gasteiger partial charge in [0.15, 0.2) is 0 Å². The van der Waals surface area contributed by atoms with Crippen LogP contribution in [0, 0.1) is 13.8 Å². The lowest BCUT2D eigenvalue weighted by molar-refractivity contribution is 0.700. The molecule has 0 amide bonds. The van der Waals surface area contributed by atoms with Gasteiger partial charge in [0.25, 0.3) is 5.56 Å². The summed E-state index contributed by atoms with van der Waals surface area (Å²) in [5, 5.41) is 1.01. The number of hydrogen-bond acceptors (Lipinski definition) is 2. The molecule has 0 bridgehead atoms. The van der Waals surface area contributed by atoms with Gasteiger partial charge in [-0.2, -0.15) is 0 Å². The molecule has 0 fully saturated rings. The van der Waals surface area contributed by atoms with Gasteiger partial charge in [0.1, 0.15) is 5.65 Å². The number of allylic oxidation sites excluding steroid dienone is 1. The van der Waals surface area contributed by atoms with Crippen LogP contribution < -0.4 is 5.56 Å². The smallest absolute Gasteiger partial charge is 0.252 e. The van der Waals surface area contributed by atoms with Gasteiger partial charge in [0.05, 0.1) is 0 Å². The summed E-state index contributed by atoms with van der Waals surface area (Å²) in [6, 6.07) is 5.50. The third-order valence-corrected chi connectivity index (χ3v) is 2.96. The summed E-state index contributed by atoms with van der Waals surface area (Å²) in [5.74, 6) is 0. The lowest BCUT2D eigenvalue weighted by Crippen LogP contribution is -2.20. The fourth-order valence-corrected chi connectivity index (χ4v) is 1.84. The molecule has 2 rings (SSSR count). The monoisotopic (exact) mass is 228 g/mol. The molecule has 2 aromatic rings. The predicted octanol–water partition coefficient (Wildman–Crippen LogP) is 2.59. The molecule has 0 spiro atoms. The maximum absolute atomic E-state index is 11.8. The van der Waals surface area contributed by atoms with Gasteiger partial charge in [-0.1, -0.05) is 6.08 Å². The van der Waals surface area contributed by atoms with E-state index in [0.29, 0.717) is 6.54 Å². The Balaban J connectivity index is 2.71. The SMILES string of the molecule is C=CCCn1c(=O)ccc2cc(C)c(C)nc21. The summed E-state index contributed by atoms with van der Waals surface area (Å²) in [6.45, 7) is 8.31. The number of fused-ring (bicyclic) bond motifs is 1. The van der Waals surface area contributed by atoms with Crippen molar-refractivity contribution in [3.63, 3.8) is 0 Å². The Labute approximate surface area is 100 Å². The zero-order valence-corrected chi connectivity index (χ0v) is 10.2. The lowest BCUT2D eigenvalue weighted by atomic mass is 10.2. The van der Waals surface area contributed by atoms with E-state index in [1.807, 2.05) is 26.0 Å². The van der Waals surface area contributed by atoms with Crippen molar-refractivity contribution in [3.05, 3.63) is 52.5 Å².